The Morgan fingerprint density at radius 2 is 1.86 bits per heavy atom. The second kappa shape index (κ2) is 10.9. The van der Waals surface area contributed by atoms with Crippen LogP contribution in [0.25, 0.3) is 0 Å². The van der Waals surface area contributed by atoms with Gasteiger partial charge in [0.1, 0.15) is 0 Å². The van der Waals surface area contributed by atoms with E-state index in [-0.39, 0.29) is 0 Å². The molecule has 0 atom stereocenters. The lowest BCUT2D eigenvalue weighted by atomic mass is 10.5. The first-order chi connectivity index (χ1) is 6.77. The van der Waals surface area contributed by atoms with E-state index < -0.39 is 0 Å². The lowest BCUT2D eigenvalue weighted by Gasteiger charge is -2.10. The third-order valence-electron chi connectivity index (χ3n) is 1.80. The summed E-state index contributed by atoms with van der Waals surface area (Å²) < 4.78 is 10.3. The number of likely N-dealkylation sites (N-methyl/N-ethyl adjacent to an activating group) is 1. The molecule has 0 bridgehead atoms. The lowest BCUT2D eigenvalue weighted by Crippen LogP contribution is -2.29. The molecule has 86 valence electrons. The molecule has 0 aromatic heterocycles. The monoisotopic (exact) mass is 204 g/mol. The largest absolute Gasteiger partial charge is 0.385 e. The van der Waals surface area contributed by atoms with Crippen molar-refractivity contribution in [2.75, 3.05) is 60.7 Å². The second-order valence-electron chi connectivity index (χ2n) is 3.51. The SMILES string of the molecule is COCCCOCCNCCN(C)C. The topological polar surface area (TPSA) is 33.7 Å². The Morgan fingerprint density at radius 3 is 2.50 bits per heavy atom. The van der Waals surface area contributed by atoms with E-state index in [9.17, 15) is 0 Å². The maximum absolute atomic E-state index is 5.39. The van der Waals surface area contributed by atoms with Crippen LogP contribution < -0.4 is 5.32 Å². The number of hydrogen-bond acceptors (Lipinski definition) is 4. The van der Waals surface area contributed by atoms with Crippen molar-refractivity contribution in [1.29, 1.82) is 0 Å². The van der Waals surface area contributed by atoms with E-state index in [4.69, 9.17) is 9.47 Å². The molecule has 0 saturated heterocycles. The second-order valence-corrected chi connectivity index (χ2v) is 3.51. The molecular weight excluding hydrogens is 180 g/mol. The Balaban J connectivity index is 2.85. The first kappa shape index (κ1) is 13.8. The maximum Gasteiger partial charge on any atom is 0.0590 e. The van der Waals surface area contributed by atoms with Crippen molar-refractivity contribution in [2.24, 2.45) is 0 Å². The highest BCUT2D eigenvalue weighted by Crippen LogP contribution is 1.82. The highest BCUT2D eigenvalue weighted by atomic mass is 16.5. The Morgan fingerprint density at radius 1 is 1.07 bits per heavy atom. The predicted molar refractivity (Wildman–Crippen MR) is 58.7 cm³/mol. The molecule has 0 aliphatic carbocycles. The molecule has 0 saturated carbocycles. The van der Waals surface area contributed by atoms with E-state index in [0.717, 1.165) is 45.9 Å². The van der Waals surface area contributed by atoms with Crippen molar-refractivity contribution >= 4 is 0 Å². The van der Waals surface area contributed by atoms with E-state index in [2.05, 4.69) is 24.3 Å². The van der Waals surface area contributed by atoms with E-state index >= 15 is 0 Å². The first-order valence-corrected chi connectivity index (χ1v) is 5.19. The van der Waals surface area contributed by atoms with Crippen LogP contribution in [0.4, 0.5) is 0 Å². The third-order valence-corrected chi connectivity index (χ3v) is 1.80. The number of rotatable bonds is 10. The zero-order chi connectivity index (χ0) is 10.6. The van der Waals surface area contributed by atoms with Gasteiger partial charge < -0.3 is 19.7 Å². The standard InChI is InChI=1S/C10H24N2O2/c1-12(2)7-5-11-6-10-14-9-4-8-13-3/h11H,4-10H2,1-3H3. The van der Waals surface area contributed by atoms with Crippen molar-refractivity contribution in [3.05, 3.63) is 0 Å². The van der Waals surface area contributed by atoms with Crippen LogP contribution in [0.1, 0.15) is 6.42 Å². The third kappa shape index (κ3) is 11.8. The summed E-state index contributed by atoms with van der Waals surface area (Å²) in [6.07, 6.45) is 0.980. The van der Waals surface area contributed by atoms with Gasteiger partial charge in [0.05, 0.1) is 6.61 Å². The summed E-state index contributed by atoms with van der Waals surface area (Å²) in [5.74, 6) is 0. The normalized spacial score (nSPS) is 11.1. The van der Waals surface area contributed by atoms with Crippen LogP contribution in [0.15, 0.2) is 0 Å². The summed E-state index contributed by atoms with van der Waals surface area (Å²) in [6, 6.07) is 0. The summed E-state index contributed by atoms with van der Waals surface area (Å²) in [5.41, 5.74) is 0. The molecule has 0 unspecified atom stereocenters. The molecule has 0 aliphatic heterocycles. The van der Waals surface area contributed by atoms with Crippen LogP contribution in [0.3, 0.4) is 0 Å². The van der Waals surface area contributed by atoms with Gasteiger partial charge in [-0.2, -0.15) is 0 Å². The van der Waals surface area contributed by atoms with Gasteiger partial charge in [0, 0.05) is 40.0 Å². The Bertz CT molecular complexity index is 110. The smallest absolute Gasteiger partial charge is 0.0590 e. The number of ether oxygens (including phenoxy) is 2. The lowest BCUT2D eigenvalue weighted by molar-refractivity contribution is 0.104. The molecule has 0 aliphatic rings. The van der Waals surface area contributed by atoms with Crippen molar-refractivity contribution in [3.8, 4) is 0 Å². The summed E-state index contributed by atoms with van der Waals surface area (Å²) in [6.45, 7) is 5.40. The van der Waals surface area contributed by atoms with E-state index in [1.165, 1.54) is 0 Å². The fourth-order valence-electron chi connectivity index (χ4n) is 0.979. The zero-order valence-corrected chi connectivity index (χ0v) is 9.71. The van der Waals surface area contributed by atoms with Crippen LogP contribution in [0.5, 0.6) is 0 Å². The molecule has 0 rings (SSSR count). The molecule has 0 radical (unpaired) electrons. The highest BCUT2D eigenvalue weighted by Gasteiger charge is 1.91. The van der Waals surface area contributed by atoms with Crippen LogP contribution >= 0.6 is 0 Å². The van der Waals surface area contributed by atoms with Crippen LogP contribution in [-0.4, -0.2) is 65.6 Å². The quantitative estimate of drug-likeness (QED) is 0.515. The Labute approximate surface area is 87.6 Å². The van der Waals surface area contributed by atoms with Gasteiger partial charge in [-0.15, -0.1) is 0 Å². The van der Waals surface area contributed by atoms with Gasteiger partial charge in [0.2, 0.25) is 0 Å². The van der Waals surface area contributed by atoms with Gasteiger partial charge in [0.15, 0.2) is 0 Å². The summed E-state index contributed by atoms with van der Waals surface area (Å²) in [5, 5.41) is 3.31. The molecular formula is C10H24N2O2. The van der Waals surface area contributed by atoms with Crippen LogP contribution in [0, 0.1) is 0 Å². The zero-order valence-electron chi connectivity index (χ0n) is 9.71. The molecule has 14 heavy (non-hydrogen) atoms. The van der Waals surface area contributed by atoms with E-state index in [0.29, 0.717) is 0 Å². The first-order valence-electron chi connectivity index (χ1n) is 5.19. The average molecular weight is 204 g/mol. The van der Waals surface area contributed by atoms with E-state index in [1.807, 2.05) is 0 Å². The molecule has 0 fully saturated rings. The minimum atomic E-state index is 0.786. The fraction of sp³-hybridized carbons (Fsp3) is 1.00. The number of nitrogens with one attached hydrogen (secondary N) is 1. The minimum Gasteiger partial charge on any atom is -0.385 e. The number of methoxy groups -OCH3 is 1. The van der Waals surface area contributed by atoms with Gasteiger partial charge in [-0.25, -0.2) is 0 Å². The summed E-state index contributed by atoms with van der Waals surface area (Å²) in [4.78, 5) is 2.16. The predicted octanol–water partition coefficient (Wildman–Crippen LogP) is 0.191. The van der Waals surface area contributed by atoms with Crippen LogP contribution in [-0.2, 0) is 9.47 Å². The molecule has 0 aromatic carbocycles. The Kier molecular flexibility index (Phi) is 10.8. The summed E-state index contributed by atoms with van der Waals surface area (Å²) in [7, 11) is 5.86. The number of nitrogens with zero attached hydrogens (tertiary/aromatic N) is 1. The van der Waals surface area contributed by atoms with Gasteiger partial charge in [-0.05, 0) is 20.5 Å². The van der Waals surface area contributed by atoms with Crippen molar-refractivity contribution in [1.82, 2.24) is 10.2 Å². The van der Waals surface area contributed by atoms with Gasteiger partial charge in [-0.1, -0.05) is 0 Å². The minimum absolute atomic E-state index is 0.786. The van der Waals surface area contributed by atoms with Crippen molar-refractivity contribution in [3.63, 3.8) is 0 Å². The Hall–Kier alpha value is -0.160. The van der Waals surface area contributed by atoms with Gasteiger partial charge >= 0.3 is 0 Å². The molecule has 0 heterocycles. The molecule has 0 amide bonds. The van der Waals surface area contributed by atoms with Gasteiger partial charge in [-0.3, -0.25) is 0 Å². The molecule has 1 N–H and O–H groups in total. The average Bonchev–Trinajstić information content (AvgIpc) is 2.15. The molecule has 4 nitrogen and oxygen atoms in total. The van der Waals surface area contributed by atoms with Crippen LogP contribution in [0.2, 0.25) is 0 Å². The summed E-state index contributed by atoms with van der Waals surface area (Å²) >= 11 is 0. The van der Waals surface area contributed by atoms with Crippen molar-refractivity contribution < 1.29 is 9.47 Å². The molecule has 0 aromatic rings. The number of hydrogen-bond donors (Lipinski definition) is 1. The van der Waals surface area contributed by atoms with Crippen molar-refractivity contribution in [2.45, 2.75) is 6.42 Å². The molecule has 4 heteroatoms. The maximum atomic E-state index is 5.39. The van der Waals surface area contributed by atoms with E-state index in [1.54, 1.807) is 7.11 Å². The van der Waals surface area contributed by atoms with Gasteiger partial charge in [0.25, 0.3) is 0 Å². The molecule has 0 spiro atoms. The highest BCUT2D eigenvalue weighted by molar-refractivity contribution is 4.49. The fourth-order valence-corrected chi connectivity index (χ4v) is 0.979.